The highest BCUT2D eigenvalue weighted by molar-refractivity contribution is 7.99. The number of para-hydroxylation sites is 1. The van der Waals surface area contributed by atoms with Gasteiger partial charge < -0.3 is 5.32 Å². The Morgan fingerprint density at radius 2 is 1.95 bits per heavy atom. The van der Waals surface area contributed by atoms with Gasteiger partial charge in [0.25, 0.3) is 0 Å². The molecule has 0 unspecified atom stereocenters. The maximum atomic E-state index is 12.1. The van der Waals surface area contributed by atoms with Crippen molar-refractivity contribution in [3.05, 3.63) is 36.4 Å². The second kappa shape index (κ2) is 7.14. The van der Waals surface area contributed by atoms with Crippen LogP contribution in [0.5, 0.6) is 0 Å². The zero-order chi connectivity index (χ0) is 15.4. The van der Waals surface area contributed by atoms with E-state index < -0.39 is 0 Å². The van der Waals surface area contributed by atoms with Crippen molar-refractivity contribution in [2.24, 2.45) is 5.92 Å². The number of hydrogen-bond acceptors (Lipinski definition) is 3. The first-order chi connectivity index (χ1) is 10.7. The number of fused-ring (bicyclic) bond motifs is 1. The Labute approximate surface area is 135 Å². The molecule has 0 aliphatic heterocycles. The molecule has 0 saturated heterocycles. The van der Waals surface area contributed by atoms with E-state index in [9.17, 15) is 4.79 Å². The molecule has 1 saturated carbocycles. The largest absolute Gasteiger partial charge is 0.353 e. The summed E-state index contributed by atoms with van der Waals surface area (Å²) in [6.45, 7) is 2.29. The van der Waals surface area contributed by atoms with Crippen LogP contribution in [0, 0.1) is 5.92 Å². The van der Waals surface area contributed by atoms with Crippen molar-refractivity contribution in [3.63, 3.8) is 0 Å². The lowest BCUT2D eigenvalue weighted by atomic mass is 9.87. The second-order valence-corrected chi connectivity index (χ2v) is 7.15. The molecule has 1 aromatic heterocycles. The fourth-order valence-corrected chi connectivity index (χ4v) is 3.63. The van der Waals surface area contributed by atoms with E-state index in [1.807, 2.05) is 30.3 Å². The number of carbonyl (C=O) groups excluding carboxylic acids is 1. The predicted octanol–water partition coefficient (Wildman–Crippen LogP) is 4.02. The van der Waals surface area contributed by atoms with Gasteiger partial charge in [-0.2, -0.15) is 0 Å². The zero-order valence-corrected chi connectivity index (χ0v) is 13.7. The number of nitrogens with one attached hydrogen (secondary N) is 1. The van der Waals surface area contributed by atoms with Crippen molar-refractivity contribution < 1.29 is 4.79 Å². The molecular weight excluding hydrogens is 292 g/mol. The maximum absolute atomic E-state index is 12.1. The standard InChI is InChI=1S/C18H22N2OS/c1-13-6-9-15(10-7-13)19-17(21)12-22-18-11-8-14-4-2-3-5-16(14)20-18/h2-5,8,11,13,15H,6-7,9-10,12H2,1H3,(H,19,21). The summed E-state index contributed by atoms with van der Waals surface area (Å²) in [5.41, 5.74) is 0.981. The SMILES string of the molecule is CC1CCC(NC(=O)CSc2ccc3ccccc3n2)CC1. The van der Waals surface area contributed by atoms with Gasteiger partial charge in [0.2, 0.25) is 5.91 Å². The van der Waals surface area contributed by atoms with Crippen molar-refractivity contribution in [3.8, 4) is 0 Å². The molecule has 1 amide bonds. The van der Waals surface area contributed by atoms with Gasteiger partial charge in [0.15, 0.2) is 0 Å². The van der Waals surface area contributed by atoms with Gasteiger partial charge >= 0.3 is 0 Å². The van der Waals surface area contributed by atoms with Crippen molar-refractivity contribution in [1.29, 1.82) is 0 Å². The first-order valence-electron chi connectivity index (χ1n) is 7.98. The molecule has 1 fully saturated rings. The number of rotatable bonds is 4. The summed E-state index contributed by atoms with van der Waals surface area (Å²) >= 11 is 1.51. The number of benzene rings is 1. The van der Waals surface area contributed by atoms with Crippen LogP contribution in [0.3, 0.4) is 0 Å². The molecule has 0 spiro atoms. The molecule has 0 bridgehead atoms. The van der Waals surface area contributed by atoms with Gasteiger partial charge in [-0.15, -0.1) is 0 Å². The van der Waals surface area contributed by atoms with Crippen molar-refractivity contribution in [2.45, 2.75) is 43.7 Å². The summed E-state index contributed by atoms with van der Waals surface area (Å²) in [7, 11) is 0. The van der Waals surface area contributed by atoms with Crippen LogP contribution in [-0.4, -0.2) is 22.7 Å². The average molecular weight is 314 g/mol. The van der Waals surface area contributed by atoms with Crippen LogP contribution in [0.15, 0.2) is 41.4 Å². The molecule has 1 N–H and O–H groups in total. The molecule has 1 aliphatic carbocycles. The minimum Gasteiger partial charge on any atom is -0.353 e. The summed E-state index contributed by atoms with van der Waals surface area (Å²) in [5, 5.41) is 5.20. The zero-order valence-electron chi connectivity index (χ0n) is 12.9. The lowest BCUT2D eigenvalue weighted by Gasteiger charge is -2.26. The summed E-state index contributed by atoms with van der Waals surface area (Å²) in [4.78, 5) is 16.7. The molecule has 0 radical (unpaired) electrons. The number of pyridine rings is 1. The maximum Gasteiger partial charge on any atom is 0.230 e. The second-order valence-electron chi connectivity index (χ2n) is 6.16. The van der Waals surface area contributed by atoms with E-state index in [4.69, 9.17) is 0 Å². The minimum absolute atomic E-state index is 0.125. The molecule has 22 heavy (non-hydrogen) atoms. The molecule has 1 heterocycles. The summed E-state index contributed by atoms with van der Waals surface area (Å²) in [6, 6.07) is 12.5. The molecule has 3 nitrogen and oxygen atoms in total. The van der Waals surface area contributed by atoms with E-state index >= 15 is 0 Å². The fourth-order valence-electron chi connectivity index (χ4n) is 2.94. The number of aromatic nitrogens is 1. The summed E-state index contributed by atoms with van der Waals surface area (Å²) in [5.74, 6) is 1.38. The first kappa shape index (κ1) is 15.3. The number of carbonyl (C=O) groups is 1. The molecule has 1 aliphatic rings. The van der Waals surface area contributed by atoms with Crippen LogP contribution >= 0.6 is 11.8 Å². The van der Waals surface area contributed by atoms with Gasteiger partial charge in [0.05, 0.1) is 16.3 Å². The predicted molar refractivity (Wildman–Crippen MR) is 92.0 cm³/mol. The Morgan fingerprint density at radius 3 is 2.77 bits per heavy atom. The van der Waals surface area contributed by atoms with Crippen LogP contribution in [-0.2, 0) is 4.79 Å². The average Bonchev–Trinajstić information content (AvgIpc) is 2.55. The number of nitrogens with zero attached hydrogens (tertiary/aromatic N) is 1. The topological polar surface area (TPSA) is 42.0 Å². The Kier molecular flexibility index (Phi) is 4.98. The normalized spacial score (nSPS) is 21.7. The Bertz CT molecular complexity index is 650. The van der Waals surface area contributed by atoms with Crippen molar-refractivity contribution in [2.75, 3.05) is 5.75 Å². The molecule has 4 heteroatoms. The molecule has 0 atom stereocenters. The van der Waals surface area contributed by atoms with Gasteiger partial charge in [0.1, 0.15) is 0 Å². The molecule has 3 rings (SSSR count). The van der Waals surface area contributed by atoms with E-state index in [1.165, 1.54) is 24.6 Å². The highest BCUT2D eigenvalue weighted by Crippen LogP contribution is 2.24. The van der Waals surface area contributed by atoms with E-state index in [2.05, 4.69) is 23.3 Å². The molecular formula is C18H22N2OS. The smallest absolute Gasteiger partial charge is 0.230 e. The molecule has 2 aromatic rings. The van der Waals surface area contributed by atoms with Gasteiger partial charge in [-0.05, 0) is 43.7 Å². The Balaban J connectivity index is 1.51. The first-order valence-corrected chi connectivity index (χ1v) is 8.97. The Morgan fingerprint density at radius 1 is 1.18 bits per heavy atom. The van der Waals surface area contributed by atoms with E-state index in [1.54, 1.807) is 0 Å². The third-order valence-electron chi connectivity index (χ3n) is 4.30. The lowest BCUT2D eigenvalue weighted by Crippen LogP contribution is -2.38. The lowest BCUT2D eigenvalue weighted by molar-refractivity contribution is -0.119. The summed E-state index contributed by atoms with van der Waals surface area (Å²) < 4.78 is 0. The molecule has 116 valence electrons. The van der Waals surface area contributed by atoms with Crippen LogP contribution in [0.25, 0.3) is 10.9 Å². The minimum atomic E-state index is 0.125. The number of hydrogen-bond donors (Lipinski definition) is 1. The van der Waals surface area contributed by atoms with Gasteiger partial charge in [0, 0.05) is 11.4 Å². The van der Waals surface area contributed by atoms with Crippen molar-refractivity contribution >= 4 is 28.6 Å². The molecule has 1 aromatic carbocycles. The Hall–Kier alpha value is -1.55. The number of amides is 1. The highest BCUT2D eigenvalue weighted by atomic mass is 32.2. The van der Waals surface area contributed by atoms with Crippen LogP contribution in [0.1, 0.15) is 32.6 Å². The van der Waals surface area contributed by atoms with E-state index in [-0.39, 0.29) is 5.91 Å². The van der Waals surface area contributed by atoms with Crippen LogP contribution < -0.4 is 5.32 Å². The fraction of sp³-hybridized carbons (Fsp3) is 0.444. The third-order valence-corrected chi connectivity index (χ3v) is 5.23. The van der Waals surface area contributed by atoms with Crippen molar-refractivity contribution in [1.82, 2.24) is 10.3 Å². The monoisotopic (exact) mass is 314 g/mol. The van der Waals surface area contributed by atoms with Gasteiger partial charge in [-0.1, -0.05) is 43.0 Å². The number of thioether (sulfide) groups is 1. The van der Waals surface area contributed by atoms with Gasteiger partial charge in [-0.25, -0.2) is 4.98 Å². The van der Waals surface area contributed by atoms with Crippen LogP contribution in [0.2, 0.25) is 0 Å². The van der Waals surface area contributed by atoms with Gasteiger partial charge in [-0.3, -0.25) is 4.79 Å². The van der Waals surface area contributed by atoms with Crippen LogP contribution in [0.4, 0.5) is 0 Å². The van der Waals surface area contributed by atoms with E-state index in [0.717, 1.165) is 34.7 Å². The quantitative estimate of drug-likeness (QED) is 0.867. The third kappa shape index (κ3) is 4.01. The highest BCUT2D eigenvalue weighted by Gasteiger charge is 2.19. The van der Waals surface area contributed by atoms with E-state index in [0.29, 0.717) is 11.8 Å². The summed E-state index contributed by atoms with van der Waals surface area (Å²) in [6.07, 6.45) is 4.69.